The Labute approximate surface area is 218 Å². The Kier molecular flexibility index (Phi) is 8.45. The number of hydrogen-bond donors (Lipinski definition) is 3. The van der Waals surface area contributed by atoms with Crippen molar-refractivity contribution in [3.63, 3.8) is 0 Å². The van der Waals surface area contributed by atoms with Gasteiger partial charge >= 0.3 is 6.09 Å². The molecule has 4 N–H and O–H groups in total. The van der Waals surface area contributed by atoms with Crippen molar-refractivity contribution >= 4 is 33.8 Å². The molecule has 12 heteroatoms. The van der Waals surface area contributed by atoms with Crippen LogP contribution in [0.1, 0.15) is 83.5 Å². The van der Waals surface area contributed by atoms with Gasteiger partial charge in [-0.1, -0.05) is 37.8 Å². The molecule has 0 aromatic carbocycles. The van der Waals surface area contributed by atoms with E-state index in [1.807, 2.05) is 12.2 Å². The van der Waals surface area contributed by atoms with Crippen LogP contribution in [-0.4, -0.2) is 66.6 Å². The summed E-state index contributed by atoms with van der Waals surface area (Å²) < 4.78 is 33.3. The van der Waals surface area contributed by atoms with E-state index in [4.69, 9.17) is 10.5 Å². The minimum Gasteiger partial charge on any atom is -0.436 e. The van der Waals surface area contributed by atoms with Gasteiger partial charge in [0.05, 0.1) is 5.25 Å². The van der Waals surface area contributed by atoms with Gasteiger partial charge in [0.15, 0.2) is 6.10 Å². The molecule has 1 saturated heterocycles. The molecule has 37 heavy (non-hydrogen) atoms. The van der Waals surface area contributed by atoms with E-state index in [-0.39, 0.29) is 12.3 Å². The number of fused-ring (bicyclic) bond motifs is 2. The monoisotopic (exact) mass is 538 g/mol. The Morgan fingerprint density at radius 1 is 1.03 bits per heavy atom. The number of carbonyl (C=O) groups is 4. The smallest absolute Gasteiger partial charge is 0.405 e. The number of nitrogens with two attached hydrogens (primary N) is 1. The molecule has 4 amide bonds. The highest BCUT2D eigenvalue weighted by Gasteiger charge is 2.61. The van der Waals surface area contributed by atoms with Crippen LogP contribution in [0.2, 0.25) is 0 Å². The van der Waals surface area contributed by atoms with Crippen molar-refractivity contribution < 1.29 is 32.3 Å². The van der Waals surface area contributed by atoms with Gasteiger partial charge in [0.2, 0.25) is 15.9 Å². The zero-order valence-corrected chi connectivity index (χ0v) is 22.0. The summed E-state index contributed by atoms with van der Waals surface area (Å²) in [6, 6.07) is -0.846. The molecule has 206 valence electrons. The van der Waals surface area contributed by atoms with E-state index in [9.17, 15) is 27.6 Å². The molecule has 4 atom stereocenters. The Morgan fingerprint density at radius 3 is 2.46 bits per heavy atom. The third kappa shape index (κ3) is 6.27. The number of allylic oxidation sites excluding steroid dienone is 1. The Hall–Kier alpha value is -2.63. The highest BCUT2D eigenvalue weighted by Crippen LogP contribution is 2.46. The zero-order valence-electron chi connectivity index (χ0n) is 21.2. The highest BCUT2D eigenvalue weighted by molar-refractivity contribution is 7.90. The van der Waals surface area contributed by atoms with Crippen LogP contribution < -0.4 is 15.8 Å². The summed E-state index contributed by atoms with van der Waals surface area (Å²) in [6.45, 7) is 0.314. The van der Waals surface area contributed by atoms with Crippen molar-refractivity contribution in [3.05, 3.63) is 12.2 Å². The first-order valence-corrected chi connectivity index (χ1v) is 15.0. The van der Waals surface area contributed by atoms with Crippen molar-refractivity contribution in [1.29, 1.82) is 0 Å². The van der Waals surface area contributed by atoms with Crippen molar-refractivity contribution in [1.82, 2.24) is 14.9 Å². The molecule has 11 nitrogen and oxygen atoms in total. The van der Waals surface area contributed by atoms with Crippen LogP contribution in [0.4, 0.5) is 4.79 Å². The maximum absolute atomic E-state index is 13.4. The van der Waals surface area contributed by atoms with E-state index in [1.165, 1.54) is 4.90 Å². The van der Waals surface area contributed by atoms with Crippen LogP contribution in [0.15, 0.2) is 12.2 Å². The lowest BCUT2D eigenvalue weighted by atomic mass is 10.0. The molecular formula is C25H38N4O7S. The zero-order chi connectivity index (χ0) is 26.6. The first-order chi connectivity index (χ1) is 17.6. The number of primary amides is 1. The molecule has 2 aliphatic carbocycles. The predicted octanol–water partition coefficient (Wildman–Crippen LogP) is 1.62. The van der Waals surface area contributed by atoms with E-state index in [0.717, 1.165) is 38.5 Å². The average Bonchev–Trinajstić information content (AvgIpc) is 3.32. The second kappa shape index (κ2) is 11.4. The molecule has 2 saturated carbocycles. The lowest BCUT2D eigenvalue weighted by molar-refractivity contribution is -0.146. The molecule has 4 unspecified atom stereocenters. The normalized spacial score (nSPS) is 32.6. The van der Waals surface area contributed by atoms with Crippen molar-refractivity contribution in [3.8, 4) is 0 Å². The number of rotatable bonds is 4. The van der Waals surface area contributed by atoms with Gasteiger partial charge in [0.25, 0.3) is 11.8 Å². The predicted molar refractivity (Wildman–Crippen MR) is 134 cm³/mol. The summed E-state index contributed by atoms with van der Waals surface area (Å²) >= 11 is 0. The largest absolute Gasteiger partial charge is 0.436 e. The fourth-order valence-corrected chi connectivity index (χ4v) is 7.42. The molecule has 3 fully saturated rings. The Morgan fingerprint density at radius 2 is 1.73 bits per heavy atom. The van der Waals surface area contributed by atoms with E-state index >= 15 is 0 Å². The molecule has 0 aromatic rings. The van der Waals surface area contributed by atoms with E-state index in [0.29, 0.717) is 45.1 Å². The molecule has 0 aromatic heterocycles. The van der Waals surface area contributed by atoms with Crippen LogP contribution in [0.3, 0.4) is 0 Å². The van der Waals surface area contributed by atoms with E-state index < -0.39 is 56.8 Å². The number of sulfonamides is 1. The van der Waals surface area contributed by atoms with E-state index in [2.05, 4.69) is 10.0 Å². The van der Waals surface area contributed by atoms with Gasteiger partial charge in [-0.05, 0) is 57.8 Å². The highest BCUT2D eigenvalue weighted by atomic mass is 32.2. The summed E-state index contributed by atoms with van der Waals surface area (Å²) in [5.74, 6) is -2.05. The number of nitrogens with zero attached hydrogens (tertiary/aromatic N) is 1. The topological polar surface area (TPSA) is 165 Å². The van der Waals surface area contributed by atoms with Crippen LogP contribution in [0.25, 0.3) is 0 Å². The van der Waals surface area contributed by atoms with Crippen LogP contribution in [0, 0.1) is 5.92 Å². The number of amides is 4. The van der Waals surface area contributed by atoms with Gasteiger partial charge in [0, 0.05) is 12.5 Å². The fraction of sp³-hybridized carbons (Fsp3) is 0.760. The van der Waals surface area contributed by atoms with Crippen molar-refractivity contribution in [2.45, 2.75) is 106 Å². The molecule has 0 radical (unpaired) electrons. The standard InChI is InChI=1S/C25H38N4O7S/c26-24(33)36-20-14-8-3-1-2-5-10-17-16-25(17,27-21(30)19-13-9-15-29(19)22(20)31)23(32)28-37(34,35)18-11-6-4-7-12-18/h5,10,17-20H,1-4,6-9,11-16H2,(H2,26,33)(H,27,30)(H,28,32)/b10-5+. The average molecular weight is 539 g/mol. The second-order valence-electron chi connectivity index (χ2n) is 10.7. The summed E-state index contributed by atoms with van der Waals surface area (Å²) in [5, 5.41) is 2.20. The van der Waals surface area contributed by atoms with Gasteiger partial charge < -0.3 is 20.7 Å². The molecule has 0 spiro atoms. The minimum atomic E-state index is -3.87. The minimum absolute atomic E-state index is 0.287. The van der Waals surface area contributed by atoms with Gasteiger partial charge in [0.1, 0.15) is 11.6 Å². The quantitative estimate of drug-likeness (QED) is 0.458. The second-order valence-corrected chi connectivity index (χ2v) is 12.6. The maximum atomic E-state index is 13.4. The number of carbonyl (C=O) groups excluding carboxylic acids is 4. The van der Waals surface area contributed by atoms with Gasteiger partial charge in [-0.15, -0.1) is 0 Å². The lowest BCUT2D eigenvalue weighted by Crippen LogP contribution is -2.58. The third-order valence-corrected chi connectivity index (χ3v) is 9.89. The van der Waals surface area contributed by atoms with Gasteiger partial charge in [-0.25, -0.2) is 13.2 Å². The Bertz CT molecular complexity index is 1040. The molecule has 2 heterocycles. The summed E-state index contributed by atoms with van der Waals surface area (Å²) in [5.41, 5.74) is 3.82. The van der Waals surface area contributed by atoms with Crippen LogP contribution >= 0.6 is 0 Å². The summed E-state index contributed by atoms with van der Waals surface area (Å²) in [7, 11) is -3.87. The molecule has 2 aliphatic heterocycles. The SMILES string of the molecule is NC(=O)OC1CCCCC/C=C/C2CC2(C(=O)NS(=O)(=O)C2CCCCC2)NC(=O)C2CCCN2C1=O. The lowest BCUT2D eigenvalue weighted by Gasteiger charge is -2.29. The van der Waals surface area contributed by atoms with Gasteiger partial charge in [-0.3, -0.25) is 19.1 Å². The van der Waals surface area contributed by atoms with Crippen molar-refractivity contribution in [2.75, 3.05) is 6.54 Å². The molecule has 4 rings (SSSR count). The molecule has 0 bridgehead atoms. The van der Waals surface area contributed by atoms with Crippen LogP contribution in [0.5, 0.6) is 0 Å². The summed E-state index contributed by atoms with van der Waals surface area (Å²) in [4.78, 5) is 52.9. The number of nitrogens with one attached hydrogen (secondary N) is 2. The maximum Gasteiger partial charge on any atom is 0.405 e. The first-order valence-electron chi connectivity index (χ1n) is 13.5. The van der Waals surface area contributed by atoms with Gasteiger partial charge in [-0.2, -0.15) is 0 Å². The molecule has 4 aliphatic rings. The van der Waals surface area contributed by atoms with Crippen LogP contribution in [-0.2, 0) is 29.1 Å². The van der Waals surface area contributed by atoms with Crippen molar-refractivity contribution in [2.24, 2.45) is 11.7 Å². The number of hydrogen-bond acceptors (Lipinski definition) is 7. The first kappa shape index (κ1) is 27.4. The van der Waals surface area contributed by atoms with E-state index in [1.54, 1.807) is 0 Å². The Balaban J connectivity index is 1.55. The molecular weight excluding hydrogens is 500 g/mol. The third-order valence-electron chi connectivity index (χ3n) is 8.07. The summed E-state index contributed by atoms with van der Waals surface area (Å²) in [6.07, 6.45) is 9.89. The fourth-order valence-electron chi connectivity index (χ4n) is 5.85. The number of ether oxygens (including phenoxy) is 1.